The van der Waals surface area contributed by atoms with Gasteiger partial charge in [0.1, 0.15) is 5.75 Å². The fourth-order valence-electron chi connectivity index (χ4n) is 1.55. The van der Waals surface area contributed by atoms with Crippen molar-refractivity contribution in [2.24, 2.45) is 0 Å². The summed E-state index contributed by atoms with van der Waals surface area (Å²) in [6.45, 7) is 0. The predicted octanol–water partition coefficient (Wildman–Crippen LogP) is 4.21. The molecule has 0 spiro atoms. The smallest absolute Gasteiger partial charge is 0.337 e. The van der Waals surface area contributed by atoms with Crippen LogP contribution in [0.25, 0.3) is 0 Å². The average molecular weight is 316 g/mol. The van der Waals surface area contributed by atoms with Gasteiger partial charge in [0.2, 0.25) is 0 Å². The molecule has 0 saturated carbocycles. The summed E-state index contributed by atoms with van der Waals surface area (Å²) in [7, 11) is 0. The van der Waals surface area contributed by atoms with Crippen LogP contribution in [0.1, 0.15) is 10.4 Å². The molecule has 2 aromatic carbocycles. The first-order valence-corrected chi connectivity index (χ1v) is 6.08. The van der Waals surface area contributed by atoms with Crippen molar-refractivity contribution in [1.82, 2.24) is 0 Å². The third kappa shape index (κ3) is 3.12. The molecule has 0 unspecified atom stereocenters. The molecular weight excluding hydrogens is 308 g/mol. The van der Waals surface area contributed by atoms with Crippen molar-refractivity contribution in [2.45, 2.75) is 0 Å². The molecule has 0 bridgehead atoms. The van der Waals surface area contributed by atoms with Crippen molar-refractivity contribution in [2.75, 3.05) is 5.73 Å². The number of nitrogens with two attached hydrogens (primary N) is 1. The fraction of sp³-hybridized carbons (Fsp3) is 0. The minimum Gasteiger partial charge on any atom is -0.478 e. The number of hydrogen-bond acceptors (Lipinski definition) is 3. The van der Waals surface area contributed by atoms with Crippen LogP contribution < -0.4 is 10.5 Å². The third-order valence-electron chi connectivity index (χ3n) is 2.40. The van der Waals surface area contributed by atoms with Gasteiger partial charge in [-0.05, 0) is 18.2 Å². The molecule has 2 aromatic rings. The molecule has 0 aliphatic carbocycles. The zero-order valence-electron chi connectivity index (χ0n) is 9.86. The summed E-state index contributed by atoms with van der Waals surface area (Å²) in [5.74, 6) is -2.17. The van der Waals surface area contributed by atoms with E-state index >= 15 is 0 Å². The summed E-state index contributed by atoms with van der Waals surface area (Å²) in [6.07, 6.45) is 0. The number of benzene rings is 2. The van der Waals surface area contributed by atoms with Crippen molar-refractivity contribution < 1.29 is 19.0 Å². The maximum Gasteiger partial charge on any atom is 0.337 e. The van der Waals surface area contributed by atoms with E-state index in [9.17, 15) is 9.18 Å². The van der Waals surface area contributed by atoms with E-state index in [1.54, 1.807) is 0 Å². The molecule has 0 saturated heterocycles. The quantitative estimate of drug-likeness (QED) is 0.832. The van der Waals surface area contributed by atoms with Crippen molar-refractivity contribution in [3.8, 4) is 11.5 Å². The monoisotopic (exact) mass is 315 g/mol. The third-order valence-corrected chi connectivity index (χ3v) is 2.83. The van der Waals surface area contributed by atoms with Gasteiger partial charge in [-0.3, -0.25) is 0 Å². The number of nitrogen functional groups attached to an aromatic ring is 1. The Morgan fingerprint density at radius 2 is 1.75 bits per heavy atom. The second-order valence-corrected chi connectivity index (χ2v) is 4.76. The molecule has 0 fully saturated rings. The van der Waals surface area contributed by atoms with E-state index in [0.29, 0.717) is 10.0 Å². The molecule has 7 heteroatoms. The van der Waals surface area contributed by atoms with Gasteiger partial charge < -0.3 is 15.6 Å². The van der Waals surface area contributed by atoms with Crippen LogP contribution in [0, 0.1) is 5.82 Å². The zero-order valence-corrected chi connectivity index (χ0v) is 11.4. The van der Waals surface area contributed by atoms with Gasteiger partial charge in [-0.15, -0.1) is 0 Å². The molecule has 0 aliphatic heterocycles. The summed E-state index contributed by atoms with van der Waals surface area (Å²) in [5.41, 5.74) is 4.97. The van der Waals surface area contributed by atoms with Crippen LogP contribution in [-0.2, 0) is 0 Å². The lowest BCUT2D eigenvalue weighted by atomic mass is 10.1. The van der Waals surface area contributed by atoms with E-state index in [2.05, 4.69) is 0 Å². The van der Waals surface area contributed by atoms with E-state index in [4.69, 9.17) is 38.8 Å². The average Bonchev–Trinajstić information content (AvgIpc) is 2.30. The highest BCUT2D eigenvalue weighted by atomic mass is 35.5. The highest BCUT2D eigenvalue weighted by molar-refractivity contribution is 6.34. The number of ether oxygens (including phenoxy) is 1. The molecule has 0 aromatic heterocycles. The lowest BCUT2D eigenvalue weighted by molar-refractivity contribution is 0.0697. The molecule has 104 valence electrons. The minimum absolute atomic E-state index is 0.183. The van der Waals surface area contributed by atoms with Gasteiger partial charge in [-0.2, -0.15) is 0 Å². The lowest BCUT2D eigenvalue weighted by Gasteiger charge is -2.10. The topological polar surface area (TPSA) is 72.5 Å². The van der Waals surface area contributed by atoms with Gasteiger partial charge in [0.15, 0.2) is 11.6 Å². The fourth-order valence-corrected chi connectivity index (χ4v) is 2.05. The Kier molecular flexibility index (Phi) is 4.01. The second kappa shape index (κ2) is 5.56. The van der Waals surface area contributed by atoms with E-state index in [1.165, 1.54) is 18.2 Å². The van der Waals surface area contributed by atoms with Crippen molar-refractivity contribution in [3.63, 3.8) is 0 Å². The first-order valence-electron chi connectivity index (χ1n) is 5.33. The van der Waals surface area contributed by atoms with Crippen LogP contribution in [-0.4, -0.2) is 11.1 Å². The number of halogens is 3. The Morgan fingerprint density at radius 3 is 2.30 bits per heavy atom. The molecule has 0 radical (unpaired) electrons. The van der Waals surface area contributed by atoms with Gasteiger partial charge in [0, 0.05) is 27.9 Å². The predicted molar refractivity (Wildman–Crippen MR) is 74.3 cm³/mol. The highest BCUT2D eigenvalue weighted by Gasteiger charge is 2.15. The molecule has 0 amide bonds. The van der Waals surface area contributed by atoms with Crippen molar-refractivity contribution >= 4 is 34.9 Å². The Hall–Kier alpha value is -1.98. The molecule has 2 rings (SSSR count). The normalized spacial score (nSPS) is 10.3. The summed E-state index contributed by atoms with van der Waals surface area (Å²) >= 11 is 11.6. The van der Waals surface area contributed by atoms with Gasteiger partial charge in [-0.25, -0.2) is 9.18 Å². The molecule has 0 atom stereocenters. The molecule has 0 heterocycles. The zero-order chi connectivity index (χ0) is 14.9. The summed E-state index contributed by atoms with van der Waals surface area (Å²) in [6, 6.07) is 6.21. The van der Waals surface area contributed by atoms with Crippen LogP contribution in [0.15, 0.2) is 30.3 Å². The Balaban J connectivity index is 2.42. The molecular formula is C13H8Cl2FNO3. The standard InChI is InChI=1S/C13H8Cl2FNO3/c14-6-1-7(15)3-8(2-6)20-12-4-9(13(18)19)11(17)5-10(12)16/h1-5H,17H2,(H,18,19). The molecule has 4 nitrogen and oxygen atoms in total. The van der Waals surface area contributed by atoms with Crippen LogP contribution in [0.4, 0.5) is 10.1 Å². The summed E-state index contributed by atoms with van der Waals surface area (Å²) in [4.78, 5) is 10.9. The largest absolute Gasteiger partial charge is 0.478 e. The maximum atomic E-state index is 13.7. The van der Waals surface area contributed by atoms with Gasteiger partial charge in [0.25, 0.3) is 0 Å². The number of carbonyl (C=O) groups is 1. The minimum atomic E-state index is -1.28. The van der Waals surface area contributed by atoms with E-state index < -0.39 is 11.8 Å². The van der Waals surface area contributed by atoms with E-state index in [1.807, 2.05) is 0 Å². The summed E-state index contributed by atoms with van der Waals surface area (Å²) in [5, 5.41) is 9.55. The summed E-state index contributed by atoms with van der Waals surface area (Å²) < 4.78 is 19.0. The number of aromatic carboxylic acids is 1. The van der Waals surface area contributed by atoms with Gasteiger partial charge in [0.05, 0.1) is 5.56 Å². The SMILES string of the molecule is Nc1cc(F)c(Oc2cc(Cl)cc(Cl)c2)cc1C(=O)O. The van der Waals surface area contributed by atoms with Crippen molar-refractivity contribution in [1.29, 1.82) is 0 Å². The Bertz CT molecular complexity index is 671. The van der Waals surface area contributed by atoms with Gasteiger partial charge >= 0.3 is 5.97 Å². The second-order valence-electron chi connectivity index (χ2n) is 3.88. The number of rotatable bonds is 3. The maximum absolute atomic E-state index is 13.7. The number of carboxylic acids is 1. The van der Waals surface area contributed by atoms with Crippen LogP contribution in [0.2, 0.25) is 10.0 Å². The van der Waals surface area contributed by atoms with Crippen LogP contribution >= 0.6 is 23.2 Å². The Labute approximate surface area is 123 Å². The first-order chi connectivity index (χ1) is 9.36. The Morgan fingerprint density at radius 1 is 1.15 bits per heavy atom. The van der Waals surface area contributed by atoms with Gasteiger partial charge in [-0.1, -0.05) is 23.2 Å². The molecule has 0 aliphatic rings. The number of hydrogen-bond donors (Lipinski definition) is 2. The number of carboxylic acid groups (broad SMARTS) is 1. The van der Waals surface area contributed by atoms with E-state index in [0.717, 1.165) is 12.1 Å². The molecule has 3 N–H and O–H groups in total. The molecule has 20 heavy (non-hydrogen) atoms. The highest BCUT2D eigenvalue weighted by Crippen LogP contribution is 2.31. The lowest BCUT2D eigenvalue weighted by Crippen LogP contribution is -2.04. The number of anilines is 1. The van der Waals surface area contributed by atoms with E-state index in [-0.39, 0.29) is 22.7 Å². The first kappa shape index (κ1) is 14.4. The van der Waals surface area contributed by atoms with Crippen LogP contribution in [0.3, 0.4) is 0 Å². The van der Waals surface area contributed by atoms with Crippen molar-refractivity contribution in [3.05, 3.63) is 51.8 Å². The van der Waals surface area contributed by atoms with Crippen LogP contribution in [0.5, 0.6) is 11.5 Å².